The van der Waals surface area contributed by atoms with E-state index < -0.39 is 15.8 Å². The van der Waals surface area contributed by atoms with Crippen LogP contribution >= 0.6 is 0 Å². The van der Waals surface area contributed by atoms with Gasteiger partial charge in [0.05, 0.1) is 11.9 Å². The summed E-state index contributed by atoms with van der Waals surface area (Å²) >= 11 is 0. The molecule has 2 N–H and O–H groups in total. The molecule has 0 bridgehead atoms. The second kappa shape index (κ2) is 5.56. The number of nitrogens with two attached hydrogens (primary N) is 1. The van der Waals surface area contributed by atoms with E-state index in [0.29, 0.717) is 12.2 Å². The van der Waals surface area contributed by atoms with Gasteiger partial charge in [-0.05, 0) is 23.8 Å². The summed E-state index contributed by atoms with van der Waals surface area (Å²) < 4.78 is 38.9. The Balaban J connectivity index is 2.43. The predicted octanol–water partition coefficient (Wildman–Crippen LogP) is 1.50. The SMILES string of the molecule is CN(c1cccc(CN)c1)S(=O)(=O)c1cncc(F)c1. The minimum atomic E-state index is -3.85. The van der Waals surface area contributed by atoms with Crippen molar-refractivity contribution in [1.82, 2.24) is 4.98 Å². The summed E-state index contributed by atoms with van der Waals surface area (Å²) in [4.78, 5) is 3.36. The van der Waals surface area contributed by atoms with E-state index in [4.69, 9.17) is 5.73 Å². The van der Waals surface area contributed by atoms with E-state index >= 15 is 0 Å². The first-order valence-electron chi connectivity index (χ1n) is 5.83. The zero-order valence-corrected chi connectivity index (χ0v) is 11.6. The highest BCUT2D eigenvalue weighted by molar-refractivity contribution is 7.92. The molecule has 0 unspecified atom stereocenters. The summed E-state index contributed by atoms with van der Waals surface area (Å²) in [6, 6.07) is 7.76. The summed E-state index contributed by atoms with van der Waals surface area (Å²) in [5.74, 6) is -0.699. The number of halogens is 1. The van der Waals surface area contributed by atoms with Crippen molar-refractivity contribution in [2.45, 2.75) is 11.4 Å². The molecule has 1 aromatic heterocycles. The Kier molecular flexibility index (Phi) is 4.01. The van der Waals surface area contributed by atoms with Crippen LogP contribution in [0.25, 0.3) is 0 Å². The molecule has 2 rings (SSSR count). The molecule has 2 aromatic rings. The molecule has 5 nitrogen and oxygen atoms in total. The number of benzene rings is 1. The van der Waals surface area contributed by atoms with Crippen molar-refractivity contribution in [3.8, 4) is 0 Å². The summed E-state index contributed by atoms with van der Waals surface area (Å²) in [6.07, 6.45) is 2.07. The highest BCUT2D eigenvalue weighted by Crippen LogP contribution is 2.22. The third-order valence-electron chi connectivity index (χ3n) is 2.85. The van der Waals surface area contributed by atoms with Crippen LogP contribution in [0.1, 0.15) is 5.56 Å². The molecule has 0 aliphatic carbocycles. The summed E-state index contributed by atoms with van der Waals surface area (Å²) in [5, 5.41) is 0. The Bertz CT molecular complexity index is 719. The third-order valence-corrected chi connectivity index (χ3v) is 4.60. The van der Waals surface area contributed by atoms with Crippen molar-refractivity contribution >= 4 is 15.7 Å². The Morgan fingerprint density at radius 3 is 2.70 bits per heavy atom. The van der Waals surface area contributed by atoms with Crippen LogP contribution in [0.5, 0.6) is 0 Å². The van der Waals surface area contributed by atoms with Gasteiger partial charge < -0.3 is 5.73 Å². The first-order valence-corrected chi connectivity index (χ1v) is 7.27. The van der Waals surface area contributed by atoms with Gasteiger partial charge >= 0.3 is 0 Å². The van der Waals surface area contributed by atoms with Crippen LogP contribution in [-0.2, 0) is 16.6 Å². The van der Waals surface area contributed by atoms with Crippen LogP contribution in [0.3, 0.4) is 0 Å². The molecule has 0 fully saturated rings. The fourth-order valence-electron chi connectivity index (χ4n) is 1.71. The lowest BCUT2D eigenvalue weighted by Gasteiger charge is -2.19. The number of hydrogen-bond donors (Lipinski definition) is 1. The van der Waals surface area contributed by atoms with Crippen LogP contribution in [-0.4, -0.2) is 20.4 Å². The van der Waals surface area contributed by atoms with E-state index in [-0.39, 0.29) is 4.90 Å². The minimum Gasteiger partial charge on any atom is -0.326 e. The maximum atomic E-state index is 13.1. The van der Waals surface area contributed by atoms with Crippen molar-refractivity contribution in [3.05, 3.63) is 54.1 Å². The van der Waals surface area contributed by atoms with Gasteiger partial charge in [-0.1, -0.05) is 12.1 Å². The number of rotatable bonds is 4. The van der Waals surface area contributed by atoms with E-state index in [9.17, 15) is 12.8 Å². The number of pyridine rings is 1. The van der Waals surface area contributed by atoms with Gasteiger partial charge in [0.1, 0.15) is 10.7 Å². The van der Waals surface area contributed by atoms with Crippen LogP contribution in [0.15, 0.2) is 47.6 Å². The molecule has 0 amide bonds. The minimum absolute atomic E-state index is 0.196. The maximum Gasteiger partial charge on any atom is 0.265 e. The summed E-state index contributed by atoms with van der Waals surface area (Å²) in [5.41, 5.74) is 6.79. The molecule has 1 heterocycles. The van der Waals surface area contributed by atoms with E-state index in [1.807, 2.05) is 0 Å². The normalized spacial score (nSPS) is 11.3. The molecular formula is C13H14FN3O2S. The van der Waals surface area contributed by atoms with Gasteiger partial charge in [-0.3, -0.25) is 9.29 Å². The lowest BCUT2D eigenvalue weighted by molar-refractivity contribution is 0.587. The van der Waals surface area contributed by atoms with Crippen molar-refractivity contribution in [1.29, 1.82) is 0 Å². The zero-order chi connectivity index (χ0) is 14.8. The molecule has 0 atom stereocenters. The van der Waals surface area contributed by atoms with Crippen LogP contribution in [0.2, 0.25) is 0 Å². The smallest absolute Gasteiger partial charge is 0.265 e. The Hall–Kier alpha value is -1.99. The number of nitrogens with zero attached hydrogens (tertiary/aromatic N) is 2. The summed E-state index contributed by atoms with van der Waals surface area (Å²) in [7, 11) is -2.45. The van der Waals surface area contributed by atoms with E-state index in [0.717, 1.165) is 28.3 Å². The molecule has 0 aliphatic heterocycles. The van der Waals surface area contributed by atoms with Gasteiger partial charge in [-0.25, -0.2) is 12.8 Å². The van der Waals surface area contributed by atoms with Gasteiger partial charge in [0.25, 0.3) is 10.0 Å². The molecule has 0 aliphatic rings. The largest absolute Gasteiger partial charge is 0.326 e. The van der Waals surface area contributed by atoms with Gasteiger partial charge in [-0.15, -0.1) is 0 Å². The topological polar surface area (TPSA) is 76.3 Å². The highest BCUT2D eigenvalue weighted by Gasteiger charge is 2.22. The second-order valence-corrected chi connectivity index (χ2v) is 6.15. The molecule has 0 saturated heterocycles. The Morgan fingerprint density at radius 1 is 1.30 bits per heavy atom. The maximum absolute atomic E-state index is 13.1. The first-order chi connectivity index (χ1) is 9.45. The van der Waals surface area contributed by atoms with E-state index in [1.54, 1.807) is 24.3 Å². The molecule has 7 heteroatoms. The van der Waals surface area contributed by atoms with Crippen molar-refractivity contribution in [2.75, 3.05) is 11.4 Å². The van der Waals surface area contributed by atoms with E-state index in [2.05, 4.69) is 4.98 Å². The number of aromatic nitrogens is 1. The average Bonchev–Trinajstić information content (AvgIpc) is 2.46. The Morgan fingerprint density at radius 2 is 2.05 bits per heavy atom. The molecule has 0 radical (unpaired) electrons. The molecule has 20 heavy (non-hydrogen) atoms. The molecule has 0 saturated carbocycles. The number of anilines is 1. The summed E-state index contributed by atoms with van der Waals surface area (Å²) in [6.45, 7) is 0.309. The van der Waals surface area contributed by atoms with Crippen molar-refractivity contribution in [3.63, 3.8) is 0 Å². The molecule has 0 spiro atoms. The lowest BCUT2D eigenvalue weighted by atomic mass is 10.2. The number of sulfonamides is 1. The van der Waals surface area contributed by atoms with Crippen LogP contribution in [0, 0.1) is 5.82 Å². The standard InChI is InChI=1S/C13H14FN3O2S/c1-17(12-4-2-3-10(5-12)7-15)20(18,19)13-6-11(14)8-16-9-13/h2-6,8-9H,7,15H2,1H3. The van der Waals surface area contributed by atoms with Gasteiger partial charge in [0.2, 0.25) is 0 Å². The Labute approximate surface area is 116 Å². The highest BCUT2D eigenvalue weighted by atomic mass is 32.2. The first kappa shape index (κ1) is 14.4. The predicted molar refractivity (Wildman–Crippen MR) is 74.1 cm³/mol. The molecule has 1 aromatic carbocycles. The van der Waals surface area contributed by atoms with Crippen LogP contribution in [0.4, 0.5) is 10.1 Å². The van der Waals surface area contributed by atoms with E-state index in [1.165, 1.54) is 7.05 Å². The van der Waals surface area contributed by atoms with Gasteiger partial charge in [0, 0.05) is 19.8 Å². The fourth-order valence-corrected chi connectivity index (χ4v) is 2.87. The average molecular weight is 295 g/mol. The lowest BCUT2D eigenvalue weighted by Crippen LogP contribution is -2.26. The fraction of sp³-hybridized carbons (Fsp3) is 0.154. The monoisotopic (exact) mass is 295 g/mol. The number of hydrogen-bond acceptors (Lipinski definition) is 4. The van der Waals surface area contributed by atoms with Crippen LogP contribution < -0.4 is 10.0 Å². The molecule has 106 valence electrons. The second-order valence-electron chi connectivity index (χ2n) is 4.19. The quantitative estimate of drug-likeness (QED) is 0.927. The van der Waals surface area contributed by atoms with Crippen molar-refractivity contribution < 1.29 is 12.8 Å². The van der Waals surface area contributed by atoms with Gasteiger partial charge in [-0.2, -0.15) is 0 Å². The van der Waals surface area contributed by atoms with Gasteiger partial charge in [0.15, 0.2) is 0 Å². The van der Waals surface area contributed by atoms with Crippen molar-refractivity contribution in [2.24, 2.45) is 5.73 Å². The molecular weight excluding hydrogens is 281 g/mol. The third kappa shape index (κ3) is 2.78. The zero-order valence-electron chi connectivity index (χ0n) is 10.8.